The Morgan fingerprint density at radius 3 is 2.52 bits per heavy atom. The van der Waals surface area contributed by atoms with Gasteiger partial charge < -0.3 is 9.80 Å². The topological polar surface area (TPSA) is 83.7 Å². The molecular weight excluding hydrogens is 463 g/mol. The zero-order valence-electron chi connectivity index (χ0n) is 18.3. The molecule has 5 rings (SSSR count). The minimum atomic E-state index is -2.97. The minimum absolute atomic E-state index is 0.134. The molecular formula is C22H23FN6O2S2. The Hall–Kier alpha value is -3.05. The molecule has 1 saturated heterocycles. The fraction of sp³-hybridized carbons (Fsp3) is 0.318. The average Bonchev–Trinajstić information content (AvgIpc) is 3.44. The highest BCUT2D eigenvalue weighted by atomic mass is 32.2. The van der Waals surface area contributed by atoms with Crippen LogP contribution in [-0.4, -0.2) is 59.6 Å². The van der Waals surface area contributed by atoms with E-state index in [1.54, 1.807) is 16.6 Å². The van der Waals surface area contributed by atoms with Crippen molar-refractivity contribution >= 4 is 43.6 Å². The zero-order chi connectivity index (χ0) is 23.2. The maximum Gasteiger partial charge on any atom is 0.191 e. The second-order valence-electron chi connectivity index (χ2n) is 7.92. The molecule has 4 heterocycles. The molecule has 172 valence electrons. The molecule has 4 aromatic rings. The SMILES string of the molecule is CCc1nc2ccc(N3CCS(=O)(=O)CC3)nn2c1N(C)c1nc(-c2ccc(F)cc2)cs1. The van der Waals surface area contributed by atoms with Crippen LogP contribution >= 0.6 is 11.3 Å². The Balaban J connectivity index is 1.51. The van der Waals surface area contributed by atoms with E-state index in [9.17, 15) is 12.8 Å². The number of imidazole rings is 1. The molecule has 0 amide bonds. The molecule has 0 N–H and O–H groups in total. The van der Waals surface area contributed by atoms with Crippen molar-refractivity contribution in [3.8, 4) is 11.3 Å². The summed E-state index contributed by atoms with van der Waals surface area (Å²) < 4.78 is 38.7. The average molecular weight is 487 g/mol. The Morgan fingerprint density at radius 1 is 1.09 bits per heavy atom. The second kappa shape index (κ2) is 8.38. The Kier molecular flexibility index (Phi) is 5.53. The van der Waals surface area contributed by atoms with E-state index in [1.807, 2.05) is 41.3 Å². The van der Waals surface area contributed by atoms with E-state index in [1.165, 1.54) is 23.5 Å². The normalized spacial score (nSPS) is 15.8. The Bertz CT molecular complexity index is 1400. The fourth-order valence-corrected chi connectivity index (χ4v) is 5.91. The lowest BCUT2D eigenvalue weighted by molar-refractivity contribution is 0.586. The predicted octanol–water partition coefficient (Wildman–Crippen LogP) is 3.56. The number of hydrogen-bond acceptors (Lipinski definition) is 8. The number of hydrogen-bond donors (Lipinski definition) is 0. The van der Waals surface area contributed by atoms with Crippen LogP contribution in [0.5, 0.6) is 0 Å². The van der Waals surface area contributed by atoms with E-state index in [0.717, 1.165) is 45.8 Å². The summed E-state index contributed by atoms with van der Waals surface area (Å²) in [6, 6.07) is 10.1. The van der Waals surface area contributed by atoms with E-state index in [0.29, 0.717) is 13.1 Å². The number of nitrogens with zero attached hydrogens (tertiary/aromatic N) is 6. The Morgan fingerprint density at radius 2 is 1.82 bits per heavy atom. The van der Waals surface area contributed by atoms with Gasteiger partial charge in [-0.05, 0) is 42.8 Å². The quantitative estimate of drug-likeness (QED) is 0.427. The van der Waals surface area contributed by atoms with Crippen LogP contribution in [0, 0.1) is 5.82 Å². The minimum Gasteiger partial charge on any atom is -0.353 e. The summed E-state index contributed by atoms with van der Waals surface area (Å²) in [6.45, 7) is 2.89. The van der Waals surface area contributed by atoms with Gasteiger partial charge in [0.15, 0.2) is 26.4 Å². The number of aromatic nitrogens is 4. The maximum atomic E-state index is 13.3. The molecule has 0 unspecified atom stereocenters. The maximum absolute atomic E-state index is 13.3. The molecule has 1 fully saturated rings. The lowest BCUT2D eigenvalue weighted by Gasteiger charge is -2.27. The van der Waals surface area contributed by atoms with Crippen molar-refractivity contribution in [2.45, 2.75) is 13.3 Å². The molecule has 1 aliphatic rings. The van der Waals surface area contributed by atoms with Crippen LogP contribution in [0.2, 0.25) is 0 Å². The highest BCUT2D eigenvalue weighted by Crippen LogP contribution is 2.33. The second-order valence-corrected chi connectivity index (χ2v) is 11.1. The third-order valence-corrected chi connectivity index (χ3v) is 8.28. The summed E-state index contributed by atoms with van der Waals surface area (Å²) in [4.78, 5) is 13.5. The summed E-state index contributed by atoms with van der Waals surface area (Å²) in [5.74, 6) is 1.53. The third kappa shape index (κ3) is 4.18. The van der Waals surface area contributed by atoms with Crippen LogP contribution in [0.1, 0.15) is 12.6 Å². The van der Waals surface area contributed by atoms with Gasteiger partial charge in [-0.25, -0.2) is 22.8 Å². The first kappa shape index (κ1) is 21.8. The molecule has 11 heteroatoms. The molecule has 0 spiro atoms. The molecule has 0 bridgehead atoms. The summed E-state index contributed by atoms with van der Waals surface area (Å²) in [6.07, 6.45) is 0.719. The number of thiazole rings is 1. The number of benzene rings is 1. The smallest absolute Gasteiger partial charge is 0.191 e. The van der Waals surface area contributed by atoms with Crippen LogP contribution in [0.25, 0.3) is 16.9 Å². The predicted molar refractivity (Wildman–Crippen MR) is 129 cm³/mol. The number of fused-ring (bicyclic) bond motifs is 1. The van der Waals surface area contributed by atoms with Gasteiger partial charge in [-0.15, -0.1) is 16.4 Å². The highest BCUT2D eigenvalue weighted by molar-refractivity contribution is 7.91. The largest absolute Gasteiger partial charge is 0.353 e. The lowest BCUT2D eigenvalue weighted by Crippen LogP contribution is -2.40. The van der Waals surface area contributed by atoms with Gasteiger partial charge in [-0.2, -0.15) is 4.52 Å². The number of rotatable bonds is 5. The van der Waals surface area contributed by atoms with E-state index in [-0.39, 0.29) is 17.3 Å². The van der Waals surface area contributed by atoms with Gasteiger partial charge in [0.2, 0.25) is 0 Å². The van der Waals surface area contributed by atoms with Crippen LogP contribution in [-0.2, 0) is 16.3 Å². The van der Waals surface area contributed by atoms with E-state index in [2.05, 4.69) is 0 Å². The van der Waals surface area contributed by atoms with Crippen LogP contribution in [0.15, 0.2) is 41.8 Å². The number of aryl methyl sites for hydroxylation is 1. The Labute approximate surface area is 195 Å². The molecule has 0 saturated carbocycles. The zero-order valence-corrected chi connectivity index (χ0v) is 19.9. The lowest BCUT2D eigenvalue weighted by atomic mass is 10.2. The van der Waals surface area contributed by atoms with Crippen molar-refractivity contribution in [1.82, 2.24) is 19.6 Å². The van der Waals surface area contributed by atoms with Gasteiger partial charge in [0.25, 0.3) is 0 Å². The first-order valence-corrected chi connectivity index (χ1v) is 13.3. The molecule has 1 aliphatic heterocycles. The monoisotopic (exact) mass is 486 g/mol. The van der Waals surface area contributed by atoms with Crippen molar-refractivity contribution in [3.63, 3.8) is 0 Å². The number of sulfone groups is 1. The van der Waals surface area contributed by atoms with Gasteiger partial charge in [0.1, 0.15) is 11.6 Å². The number of halogens is 1. The van der Waals surface area contributed by atoms with Crippen LogP contribution in [0.3, 0.4) is 0 Å². The molecule has 8 nitrogen and oxygen atoms in total. The molecule has 1 aromatic carbocycles. The first-order chi connectivity index (χ1) is 15.8. The highest BCUT2D eigenvalue weighted by Gasteiger charge is 2.25. The van der Waals surface area contributed by atoms with Crippen LogP contribution < -0.4 is 9.80 Å². The molecule has 0 atom stereocenters. The van der Waals surface area contributed by atoms with Crippen molar-refractivity contribution in [3.05, 3.63) is 53.3 Å². The van der Waals surface area contributed by atoms with Gasteiger partial charge >= 0.3 is 0 Å². The summed E-state index contributed by atoms with van der Waals surface area (Å²) >= 11 is 1.49. The van der Waals surface area contributed by atoms with Crippen molar-refractivity contribution in [2.75, 3.05) is 41.4 Å². The van der Waals surface area contributed by atoms with Crippen molar-refractivity contribution < 1.29 is 12.8 Å². The van der Waals surface area contributed by atoms with E-state index >= 15 is 0 Å². The third-order valence-electron chi connectivity index (χ3n) is 5.75. The van der Waals surface area contributed by atoms with E-state index in [4.69, 9.17) is 15.1 Å². The summed E-state index contributed by atoms with van der Waals surface area (Å²) in [5.41, 5.74) is 3.23. The van der Waals surface area contributed by atoms with Gasteiger partial charge in [0, 0.05) is 31.1 Å². The van der Waals surface area contributed by atoms with Gasteiger partial charge in [-0.3, -0.25) is 0 Å². The number of anilines is 3. The molecule has 0 radical (unpaired) electrons. The van der Waals surface area contributed by atoms with Gasteiger partial charge in [-0.1, -0.05) is 6.92 Å². The molecule has 33 heavy (non-hydrogen) atoms. The first-order valence-electron chi connectivity index (χ1n) is 10.6. The van der Waals surface area contributed by atoms with Crippen molar-refractivity contribution in [1.29, 1.82) is 0 Å². The molecule has 0 aliphatic carbocycles. The van der Waals surface area contributed by atoms with Gasteiger partial charge in [0.05, 0.1) is 22.9 Å². The summed E-state index contributed by atoms with van der Waals surface area (Å²) in [5, 5.41) is 7.53. The summed E-state index contributed by atoms with van der Waals surface area (Å²) in [7, 11) is -1.04. The van der Waals surface area contributed by atoms with Crippen LogP contribution in [0.4, 0.5) is 21.2 Å². The van der Waals surface area contributed by atoms with Crippen molar-refractivity contribution in [2.24, 2.45) is 0 Å². The standard InChI is InChI=1S/C22H23FN6O2S2/c1-3-17-21(27(2)22-25-18(14-32-22)15-4-6-16(23)7-5-15)29-19(24-17)8-9-20(26-29)28-10-12-33(30,31)13-11-28/h4-9,14H,3,10-13H2,1-2H3. The molecule has 3 aromatic heterocycles. The van der Waals surface area contributed by atoms with E-state index < -0.39 is 9.84 Å². The fourth-order valence-electron chi connectivity index (χ4n) is 3.90.